The van der Waals surface area contributed by atoms with Gasteiger partial charge in [0.15, 0.2) is 0 Å². The largest absolute Gasteiger partial charge is 0.320 e. The fourth-order valence-electron chi connectivity index (χ4n) is 1.98. The second-order valence-electron chi connectivity index (χ2n) is 4.48. The summed E-state index contributed by atoms with van der Waals surface area (Å²) in [5, 5.41) is 0.603. The SMILES string of the molecule is Cc1ccc(F)c(C(N)c2cccc(C)c2Cl)c1. The van der Waals surface area contributed by atoms with Gasteiger partial charge in [-0.3, -0.25) is 0 Å². The molecule has 2 aromatic carbocycles. The number of rotatable bonds is 2. The van der Waals surface area contributed by atoms with Crippen molar-refractivity contribution in [3.63, 3.8) is 0 Å². The Morgan fingerprint density at radius 2 is 1.83 bits per heavy atom. The molecule has 94 valence electrons. The van der Waals surface area contributed by atoms with Crippen molar-refractivity contribution in [1.82, 2.24) is 0 Å². The molecule has 0 aliphatic heterocycles. The van der Waals surface area contributed by atoms with Crippen LogP contribution in [0.25, 0.3) is 0 Å². The summed E-state index contributed by atoms with van der Waals surface area (Å²) in [5.74, 6) is -0.300. The highest BCUT2D eigenvalue weighted by molar-refractivity contribution is 6.32. The number of nitrogens with two attached hydrogens (primary N) is 1. The van der Waals surface area contributed by atoms with Gasteiger partial charge in [-0.15, -0.1) is 0 Å². The van der Waals surface area contributed by atoms with Crippen molar-refractivity contribution in [1.29, 1.82) is 0 Å². The first kappa shape index (κ1) is 13.1. The van der Waals surface area contributed by atoms with E-state index in [1.165, 1.54) is 6.07 Å². The highest BCUT2D eigenvalue weighted by Crippen LogP contribution is 2.30. The van der Waals surface area contributed by atoms with Crippen molar-refractivity contribution in [2.45, 2.75) is 19.9 Å². The molecule has 1 nitrogen and oxygen atoms in total. The Morgan fingerprint density at radius 3 is 2.56 bits per heavy atom. The van der Waals surface area contributed by atoms with E-state index < -0.39 is 6.04 Å². The van der Waals surface area contributed by atoms with Crippen molar-refractivity contribution in [3.05, 3.63) is 69.5 Å². The normalized spacial score (nSPS) is 12.5. The van der Waals surface area contributed by atoms with Crippen molar-refractivity contribution in [3.8, 4) is 0 Å². The van der Waals surface area contributed by atoms with Crippen LogP contribution in [0.1, 0.15) is 28.3 Å². The van der Waals surface area contributed by atoms with E-state index in [2.05, 4.69) is 0 Å². The van der Waals surface area contributed by atoms with Gasteiger partial charge in [-0.1, -0.05) is 47.5 Å². The summed E-state index contributed by atoms with van der Waals surface area (Å²) in [6.45, 7) is 3.82. The molecule has 0 saturated heterocycles. The molecule has 2 aromatic rings. The summed E-state index contributed by atoms with van der Waals surface area (Å²) in [6.07, 6.45) is 0. The van der Waals surface area contributed by atoms with Crippen molar-refractivity contribution >= 4 is 11.6 Å². The van der Waals surface area contributed by atoms with Gasteiger partial charge in [-0.05, 0) is 31.0 Å². The fraction of sp³-hybridized carbons (Fsp3) is 0.200. The van der Waals surface area contributed by atoms with Gasteiger partial charge < -0.3 is 5.73 Å². The highest BCUT2D eigenvalue weighted by Gasteiger charge is 2.17. The Hall–Kier alpha value is -1.38. The lowest BCUT2D eigenvalue weighted by molar-refractivity contribution is 0.599. The van der Waals surface area contributed by atoms with Crippen LogP contribution in [0.2, 0.25) is 5.02 Å². The topological polar surface area (TPSA) is 26.0 Å². The quantitative estimate of drug-likeness (QED) is 0.866. The summed E-state index contributed by atoms with van der Waals surface area (Å²) in [7, 11) is 0. The van der Waals surface area contributed by atoms with Crippen LogP contribution in [0.15, 0.2) is 36.4 Å². The minimum atomic E-state index is -0.544. The summed E-state index contributed by atoms with van der Waals surface area (Å²) < 4.78 is 13.8. The monoisotopic (exact) mass is 263 g/mol. The third-order valence-corrected chi connectivity index (χ3v) is 3.56. The zero-order valence-corrected chi connectivity index (χ0v) is 11.1. The predicted octanol–water partition coefficient (Wildman–Crippen LogP) is 4.14. The van der Waals surface area contributed by atoms with E-state index in [1.54, 1.807) is 12.1 Å². The average molecular weight is 264 g/mol. The third-order valence-electron chi connectivity index (χ3n) is 3.04. The van der Waals surface area contributed by atoms with Crippen molar-refractivity contribution in [2.75, 3.05) is 0 Å². The number of aryl methyl sites for hydroxylation is 2. The van der Waals surface area contributed by atoms with E-state index in [9.17, 15) is 4.39 Å². The summed E-state index contributed by atoms with van der Waals surface area (Å²) in [4.78, 5) is 0. The Kier molecular flexibility index (Phi) is 3.69. The Morgan fingerprint density at radius 1 is 1.11 bits per heavy atom. The molecule has 0 aliphatic rings. The Labute approximate surface area is 111 Å². The molecule has 2 rings (SSSR count). The van der Waals surface area contributed by atoms with Crippen LogP contribution in [0, 0.1) is 19.7 Å². The summed E-state index contributed by atoms with van der Waals surface area (Å²) in [5.41, 5.74) is 9.28. The second-order valence-corrected chi connectivity index (χ2v) is 4.86. The lowest BCUT2D eigenvalue weighted by Crippen LogP contribution is -2.14. The molecule has 1 atom stereocenters. The maximum atomic E-state index is 13.8. The Balaban J connectivity index is 2.51. The van der Waals surface area contributed by atoms with Crippen LogP contribution >= 0.6 is 11.6 Å². The molecule has 0 bridgehead atoms. The zero-order chi connectivity index (χ0) is 13.3. The fourth-order valence-corrected chi connectivity index (χ4v) is 2.22. The van der Waals surface area contributed by atoms with Gasteiger partial charge in [-0.2, -0.15) is 0 Å². The zero-order valence-electron chi connectivity index (χ0n) is 10.4. The number of hydrogen-bond acceptors (Lipinski definition) is 1. The molecule has 18 heavy (non-hydrogen) atoms. The lowest BCUT2D eigenvalue weighted by atomic mass is 9.96. The molecule has 0 saturated carbocycles. The standard InChI is InChI=1S/C15H15ClFN/c1-9-6-7-13(17)12(8-9)15(18)11-5-3-4-10(2)14(11)16/h3-8,15H,18H2,1-2H3. The van der Waals surface area contributed by atoms with Gasteiger partial charge in [0.25, 0.3) is 0 Å². The molecule has 2 N–H and O–H groups in total. The molecule has 0 heterocycles. The molecule has 0 radical (unpaired) electrons. The molecule has 3 heteroatoms. The molecule has 0 aromatic heterocycles. The number of halogens is 2. The van der Waals surface area contributed by atoms with E-state index in [0.717, 1.165) is 16.7 Å². The van der Waals surface area contributed by atoms with Gasteiger partial charge in [0.2, 0.25) is 0 Å². The third kappa shape index (κ3) is 2.40. The minimum absolute atomic E-state index is 0.300. The Bertz CT molecular complexity index is 579. The van der Waals surface area contributed by atoms with Gasteiger partial charge in [0.05, 0.1) is 6.04 Å². The van der Waals surface area contributed by atoms with Gasteiger partial charge in [0.1, 0.15) is 5.82 Å². The second kappa shape index (κ2) is 5.09. The van der Waals surface area contributed by atoms with E-state index in [-0.39, 0.29) is 5.82 Å². The van der Waals surface area contributed by atoms with Gasteiger partial charge >= 0.3 is 0 Å². The van der Waals surface area contributed by atoms with Crippen LogP contribution in [-0.4, -0.2) is 0 Å². The first-order chi connectivity index (χ1) is 8.50. The molecule has 1 unspecified atom stereocenters. The van der Waals surface area contributed by atoms with Crippen molar-refractivity contribution in [2.24, 2.45) is 5.73 Å². The van der Waals surface area contributed by atoms with E-state index in [0.29, 0.717) is 10.6 Å². The maximum Gasteiger partial charge on any atom is 0.128 e. The van der Waals surface area contributed by atoms with Crippen LogP contribution < -0.4 is 5.73 Å². The molecular formula is C15H15ClFN. The van der Waals surface area contributed by atoms with E-state index in [4.69, 9.17) is 17.3 Å². The summed E-state index contributed by atoms with van der Waals surface area (Å²) >= 11 is 6.23. The molecule has 0 aliphatic carbocycles. The smallest absolute Gasteiger partial charge is 0.128 e. The first-order valence-corrected chi connectivity index (χ1v) is 6.15. The average Bonchev–Trinajstić information content (AvgIpc) is 2.35. The van der Waals surface area contributed by atoms with E-state index >= 15 is 0 Å². The molecule has 0 spiro atoms. The molecule has 0 amide bonds. The van der Waals surface area contributed by atoms with Crippen LogP contribution in [-0.2, 0) is 0 Å². The van der Waals surface area contributed by atoms with Gasteiger partial charge in [0, 0.05) is 10.6 Å². The molecule has 0 fully saturated rings. The lowest BCUT2D eigenvalue weighted by Gasteiger charge is -2.16. The predicted molar refractivity (Wildman–Crippen MR) is 73.4 cm³/mol. The van der Waals surface area contributed by atoms with Crippen molar-refractivity contribution < 1.29 is 4.39 Å². The van der Waals surface area contributed by atoms with E-state index in [1.807, 2.05) is 32.0 Å². The number of hydrogen-bond donors (Lipinski definition) is 1. The van der Waals surface area contributed by atoms with Crippen LogP contribution in [0.5, 0.6) is 0 Å². The number of benzene rings is 2. The maximum absolute atomic E-state index is 13.8. The van der Waals surface area contributed by atoms with Gasteiger partial charge in [-0.25, -0.2) is 4.39 Å². The summed E-state index contributed by atoms with van der Waals surface area (Å²) in [6, 6.07) is 10.0. The van der Waals surface area contributed by atoms with Crippen LogP contribution in [0.3, 0.4) is 0 Å². The van der Waals surface area contributed by atoms with Crippen LogP contribution in [0.4, 0.5) is 4.39 Å². The first-order valence-electron chi connectivity index (χ1n) is 5.77. The highest BCUT2D eigenvalue weighted by atomic mass is 35.5. The minimum Gasteiger partial charge on any atom is -0.320 e. The molecular weight excluding hydrogens is 249 g/mol.